The van der Waals surface area contributed by atoms with Crippen LogP contribution in [0.25, 0.3) is 11.1 Å². The summed E-state index contributed by atoms with van der Waals surface area (Å²) in [6.07, 6.45) is 6.04. The van der Waals surface area contributed by atoms with Gasteiger partial charge in [-0.15, -0.1) is 0 Å². The largest absolute Gasteiger partial charge is 0.262 e. The van der Waals surface area contributed by atoms with Crippen molar-refractivity contribution in [2.75, 3.05) is 0 Å². The number of nitriles is 1. The Labute approximate surface area is 203 Å². The second-order valence-electron chi connectivity index (χ2n) is 7.72. The van der Waals surface area contributed by atoms with E-state index in [9.17, 15) is 5.26 Å². The van der Waals surface area contributed by atoms with E-state index in [1.807, 2.05) is 58.0 Å². The van der Waals surface area contributed by atoms with Crippen molar-refractivity contribution >= 4 is 5.71 Å². The Balaban J connectivity index is 0.00000242. The number of aliphatic imine (C=N–C) groups is 1. The van der Waals surface area contributed by atoms with Gasteiger partial charge in [0, 0.05) is 11.4 Å². The van der Waals surface area contributed by atoms with Crippen LogP contribution in [0.3, 0.4) is 0 Å². The van der Waals surface area contributed by atoms with Crippen molar-refractivity contribution in [2.45, 2.75) is 81.1 Å². The molecule has 0 heterocycles. The molecule has 178 valence electrons. The van der Waals surface area contributed by atoms with Crippen molar-refractivity contribution < 1.29 is 0 Å². The van der Waals surface area contributed by atoms with Crippen LogP contribution in [-0.2, 0) is 6.42 Å². The van der Waals surface area contributed by atoms with E-state index in [0.29, 0.717) is 11.5 Å². The summed E-state index contributed by atoms with van der Waals surface area (Å²) in [6.45, 7) is 20.7. The molecule has 33 heavy (non-hydrogen) atoms. The summed E-state index contributed by atoms with van der Waals surface area (Å²) < 4.78 is 0. The predicted octanol–water partition coefficient (Wildman–Crippen LogP) is 9.57. The molecule has 0 bridgehead atoms. The molecule has 0 spiro atoms. The van der Waals surface area contributed by atoms with E-state index in [4.69, 9.17) is 4.99 Å². The van der Waals surface area contributed by atoms with Gasteiger partial charge in [-0.25, -0.2) is 0 Å². The van der Waals surface area contributed by atoms with Crippen molar-refractivity contribution in [3.63, 3.8) is 0 Å². The first-order valence-corrected chi connectivity index (χ1v) is 12.5. The normalized spacial score (nSPS) is 11.3. The third-order valence-corrected chi connectivity index (χ3v) is 5.24. The fourth-order valence-corrected chi connectivity index (χ4v) is 3.12. The summed E-state index contributed by atoms with van der Waals surface area (Å²) in [7, 11) is 0. The van der Waals surface area contributed by atoms with Gasteiger partial charge in [-0.2, -0.15) is 5.26 Å². The van der Waals surface area contributed by atoms with Crippen molar-refractivity contribution in [3.8, 4) is 17.2 Å². The van der Waals surface area contributed by atoms with E-state index >= 15 is 0 Å². The molecule has 0 radical (unpaired) electrons. The Bertz CT molecular complexity index is 922. The number of allylic oxidation sites excluding steroid dienone is 3. The van der Waals surface area contributed by atoms with E-state index in [1.54, 1.807) is 0 Å². The first kappa shape index (κ1) is 30.1. The van der Waals surface area contributed by atoms with E-state index < -0.39 is 0 Å². The Hall–Kier alpha value is -2.92. The fraction of sp³-hybridized carbons (Fsp3) is 0.419. The summed E-state index contributed by atoms with van der Waals surface area (Å²) in [5.74, 6) is 0.442. The molecule has 0 N–H and O–H groups in total. The van der Waals surface area contributed by atoms with E-state index in [1.165, 1.54) is 16.8 Å². The van der Waals surface area contributed by atoms with Crippen LogP contribution in [0, 0.1) is 17.2 Å². The van der Waals surface area contributed by atoms with E-state index in [2.05, 4.69) is 64.6 Å². The lowest BCUT2D eigenvalue weighted by atomic mass is 9.96. The summed E-state index contributed by atoms with van der Waals surface area (Å²) in [4.78, 5) is 4.96. The maximum Gasteiger partial charge on any atom is 0.0998 e. The zero-order valence-electron chi connectivity index (χ0n) is 22.2. The zero-order chi connectivity index (χ0) is 25.2. The van der Waals surface area contributed by atoms with Crippen LogP contribution in [0.5, 0.6) is 0 Å². The van der Waals surface area contributed by atoms with E-state index in [-0.39, 0.29) is 0 Å². The van der Waals surface area contributed by atoms with Crippen LogP contribution >= 0.6 is 0 Å². The van der Waals surface area contributed by atoms with Gasteiger partial charge in [-0.1, -0.05) is 110 Å². The molecule has 0 amide bonds. The zero-order valence-corrected chi connectivity index (χ0v) is 22.2. The third kappa shape index (κ3) is 10.0. The first-order valence-electron chi connectivity index (χ1n) is 12.5. The lowest BCUT2D eigenvalue weighted by molar-refractivity contribution is 0.768. The number of unbranched alkanes of at least 4 members (excludes halogenated alkanes) is 1. The van der Waals surface area contributed by atoms with Crippen molar-refractivity contribution in [1.82, 2.24) is 0 Å². The van der Waals surface area contributed by atoms with Gasteiger partial charge in [-0.3, -0.25) is 4.99 Å². The van der Waals surface area contributed by atoms with Gasteiger partial charge < -0.3 is 0 Å². The molecule has 0 aliphatic heterocycles. The van der Waals surface area contributed by atoms with Gasteiger partial charge >= 0.3 is 0 Å². The second kappa shape index (κ2) is 17.6. The Morgan fingerprint density at radius 3 is 2.15 bits per heavy atom. The Morgan fingerprint density at radius 1 is 1.03 bits per heavy atom. The third-order valence-electron chi connectivity index (χ3n) is 5.24. The number of benzene rings is 2. The Morgan fingerprint density at radius 2 is 1.64 bits per heavy atom. The maximum absolute atomic E-state index is 9.35. The first-order chi connectivity index (χ1) is 16.0. The van der Waals surface area contributed by atoms with Gasteiger partial charge in [0.05, 0.1) is 11.6 Å². The van der Waals surface area contributed by atoms with Crippen LogP contribution in [-0.4, -0.2) is 5.71 Å². The minimum Gasteiger partial charge on any atom is -0.262 e. The highest BCUT2D eigenvalue weighted by molar-refractivity contribution is 5.84. The lowest BCUT2D eigenvalue weighted by Crippen LogP contribution is -2.04. The molecule has 0 atom stereocenters. The van der Waals surface area contributed by atoms with Crippen molar-refractivity contribution in [3.05, 3.63) is 83.6 Å². The van der Waals surface area contributed by atoms with Crippen LogP contribution in [0.15, 0.2) is 77.4 Å². The second-order valence-corrected chi connectivity index (χ2v) is 7.72. The molecule has 0 aliphatic rings. The minimum atomic E-state index is 0.442. The SMILES string of the molecule is C=C/C(Cc1ccc(-c2ccccc2C#N)cc1)=C(/CCCC)N=C(C)C(C)C.CC.CC. The lowest BCUT2D eigenvalue weighted by Gasteiger charge is -2.13. The fourth-order valence-electron chi connectivity index (χ4n) is 3.12. The number of rotatable bonds is 9. The summed E-state index contributed by atoms with van der Waals surface area (Å²) >= 11 is 0. The summed E-state index contributed by atoms with van der Waals surface area (Å²) in [6, 6.07) is 18.5. The van der Waals surface area contributed by atoms with E-state index in [0.717, 1.165) is 42.5 Å². The van der Waals surface area contributed by atoms with Gasteiger partial charge in [-0.05, 0) is 60.4 Å². The highest BCUT2D eigenvalue weighted by atomic mass is 14.8. The number of hydrogen-bond donors (Lipinski definition) is 0. The average Bonchev–Trinajstić information content (AvgIpc) is 2.87. The Kier molecular flexibility index (Phi) is 16.1. The van der Waals surface area contributed by atoms with Gasteiger partial charge in [0.25, 0.3) is 0 Å². The number of nitrogens with zero attached hydrogens (tertiary/aromatic N) is 2. The molecule has 2 nitrogen and oxygen atoms in total. The molecule has 2 aromatic rings. The standard InChI is InChI=1S/C27H32N2.2C2H6/c1-6-8-13-27(29-21(5)20(3)4)23(7-2)18-22-14-16-24(17-15-22)26-12-10-9-11-25(26)19-28;2*1-2/h7,9-12,14-17,20H,2,6,8,13,18H2,1,3-5H3;2*1-2H3/b27-23+,29-21?;;. The van der Waals surface area contributed by atoms with Gasteiger partial charge in [0.1, 0.15) is 0 Å². The van der Waals surface area contributed by atoms with Crippen LogP contribution in [0.2, 0.25) is 0 Å². The van der Waals surface area contributed by atoms with Crippen molar-refractivity contribution in [1.29, 1.82) is 5.26 Å². The molecule has 0 aromatic heterocycles. The van der Waals surface area contributed by atoms with Crippen molar-refractivity contribution in [2.24, 2.45) is 10.9 Å². The monoisotopic (exact) mass is 444 g/mol. The predicted molar refractivity (Wildman–Crippen MR) is 148 cm³/mol. The maximum atomic E-state index is 9.35. The van der Waals surface area contributed by atoms with Crippen LogP contribution in [0.1, 0.15) is 85.8 Å². The average molecular weight is 445 g/mol. The highest BCUT2D eigenvalue weighted by Gasteiger charge is 2.09. The summed E-state index contributed by atoms with van der Waals surface area (Å²) in [5, 5.41) is 9.35. The van der Waals surface area contributed by atoms with Crippen LogP contribution in [0.4, 0.5) is 0 Å². The minimum absolute atomic E-state index is 0.442. The summed E-state index contributed by atoms with van der Waals surface area (Å²) in [5.41, 5.74) is 7.49. The molecule has 2 aromatic carbocycles. The molecule has 0 unspecified atom stereocenters. The molecule has 0 saturated heterocycles. The smallest absolute Gasteiger partial charge is 0.0998 e. The molecule has 0 aliphatic carbocycles. The molecule has 2 rings (SSSR count). The van der Waals surface area contributed by atoms with Crippen LogP contribution < -0.4 is 0 Å². The molecule has 2 heteroatoms. The van der Waals surface area contributed by atoms with Gasteiger partial charge in [0.2, 0.25) is 0 Å². The van der Waals surface area contributed by atoms with Gasteiger partial charge in [0.15, 0.2) is 0 Å². The molecular weight excluding hydrogens is 400 g/mol. The molecule has 0 saturated carbocycles. The molecular formula is C31H44N2. The highest BCUT2D eigenvalue weighted by Crippen LogP contribution is 2.25. The topological polar surface area (TPSA) is 36.1 Å². The quantitative estimate of drug-likeness (QED) is 0.280. The molecule has 0 fully saturated rings. The number of hydrogen-bond acceptors (Lipinski definition) is 2.